The number of amides is 2. The number of carboxylic acid groups (broad SMARTS) is 1. The number of carbonyl (C=O) groups excluding carboxylic acids is 2. The Morgan fingerprint density at radius 1 is 1.50 bits per heavy atom. The van der Waals surface area contributed by atoms with Gasteiger partial charge in [0.05, 0.1) is 12.3 Å². The van der Waals surface area contributed by atoms with E-state index in [1.807, 2.05) is 20.8 Å². The van der Waals surface area contributed by atoms with Gasteiger partial charge in [0.1, 0.15) is 0 Å². The third kappa shape index (κ3) is 3.95. The van der Waals surface area contributed by atoms with Crippen molar-refractivity contribution in [2.45, 2.75) is 58.5 Å². The lowest BCUT2D eigenvalue weighted by Gasteiger charge is -2.29. The highest BCUT2D eigenvalue weighted by molar-refractivity contribution is 5.90. The average Bonchev–Trinajstić information content (AvgIpc) is 2.70. The van der Waals surface area contributed by atoms with E-state index in [2.05, 4.69) is 5.32 Å². The molecule has 0 aliphatic carbocycles. The highest BCUT2D eigenvalue weighted by Gasteiger charge is 2.38. The monoisotopic (exact) mass is 284 g/mol. The Bertz CT molecular complexity index is 408. The van der Waals surface area contributed by atoms with Crippen LogP contribution in [0.25, 0.3) is 0 Å². The molecule has 6 nitrogen and oxygen atoms in total. The summed E-state index contributed by atoms with van der Waals surface area (Å²) in [4.78, 5) is 36.6. The molecule has 1 saturated heterocycles. The van der Waals surface area contributed by atoms with Gasteiger partial charge in [-0.2, -0.15) is 0 Å². The number of carbonyl (C=O) groups is 3. The molecule has 20 heavy (non-hydrogen) atoms. The fraction of sp³-hybridized carbons (Fsp3) is 0.786. The quantitative estimate of drug-likeness (QED) is 0.762. The van der Waals surface area contributed by atoms with Crippen molar-refractivity contribution in [3.05, 3.63) is 0 Å². The second-order valence-electron chi connectivity index (χ2n) is 6.01. The summed E-state index contributed by atoms with van der Waals surface area (Å²) in [5, 5.41) is 11.7. The first-order chi connectivity index (χ1) is 9.18. The summed E-state index contributed by atoms with van der Waals surface area (Å²) >= 11 is 0. The van der Waals surface area contributed by atoms with Gasteiger partial charge in [0.15, 0.2) is 0 Å². The Balaban J connectivity index is 2.67. The van der Waals surface area contributed by atoms with Crippen LogP contribution in [0, 0.1) is 5.92 Å². The average molecular weight is 284 g/mol. The first kappa shape index (κ1) is 16.5. The van der Waals surface area contributed by atoms with E-state index >= 15 is 0 Å². The molecule has 0 bridgehead atoms. The van der Waals surface area contributed by atoms with Crippen LogP contribution >= 0.6 is 0 Å². The molecule has 1 aliphatic heterocycles. The van der Waals surface area contributed by atoms with Crippen molar-refractivity contribution in [2.75, 3.05) is 6.54 Å². The summed E-state index contributed by atoms with van der Waals surface area (Å²) in [5.41, 5.74) is -0.767. The summed E-state index contributed by atoms with van der Waals surface area (Å²) < 4.78 is 0. The molecule has 1 aliphatic rings. The maximum atomic E-state index is 12.2. The van der Waals surface area contributed by atoms with Gasteiger partial charge < -0.3 is 15.3 Å². The molecule has 1 fully saturated rings. The van der Waals surface area contributed by atoms with Crippen molar-refractivity contribution < 1.29 is 19.5 Å². The number of nitrogens with zero attached hydrogens (tertiary/aromatic N) is 1. The van der Waals surface area contributed by atoms with Crippen LogP contribution in [0.15, 0.2) is 0 Å². The number of carboxylic acids is 1. The zero-order valence-electron chi connectivity index (χ0n) is 12.6. The molecule has 1 heterocycles. The highest BCUT2D eigenvalue weighted by Crippen LogP contribution is 2.22. The van der Waals surface area contributed by atoms with Crippen LogP contribution in [-0.2, 0) is 14.4 Å². The molecule has 0 radical (unpaired) electrons. The number of rotatable bonds is 6. The van der Waals surface area contributed by atoms with Crippen LogP contribution < -0.4 is 5.32 Å². The zero-order valence-corrected chi connectivity index (χ0v) is 12.6. The van der Waals surface area contributed by atoms with E-state index in [1.165, 1.54) is 0 Å². The molecule has 0 aromatic carbocycles. The van der Waals surface area contributed by atoms with Gasteiger partial charge in [0.2, 0.25) is 11.8 Å². The molecule has 2 atom stereocenters. The number of likely N-dealkylation sites (tertiary alicyclic amines) is 1. The molecule has 6 heteroatoms. The van der Waals surface area contributed by atoms with Gasteiger partial charge in [-0.3, -0.25) is 14.4 Å². The number of nitrogens with one attached hydrogen (secondary N) is 1. The first-order valence-corrected chi connectivity index (χ1v) is 7.02. The normalized spacial score (nSPS) is 21.9. The molecule has 114 valence electrons. The minimum atomic E-state index is -0.944. The molecular formula is C14H24N2O4. The second-order valence-corrected chi connectivity index (χ2v) is 6.01. The maximum absolute atomic E-state index is 12.2. The van der Waals surface area contributed by atoms with Crippen LogP contribution in [0.4, 0.5) is 0 Å². The first-order valence-electron chi connectivity index (χ1n) is 7.02. The van der Waals surface area contributed by atoms with Crippen molar-refractivity contribution in [3.63, 3.8) is 0 Å². The molecule has 2 N–H and O–H groups in total. The topological polar surface area (TPSA) is 86.7 Å². The Kier molecular flexibility index (Phi) is 5.14. The van der Waals surface area contributed by atoms with Crippen molar-refractivity contribution in [3.8, 4) is 0 Å². The largest absolute Gasteiger partial charge is 0.481 e. The van der Waals surface area contributed by atoms with Gasteiger partial charge in [-0.25, -0.2) is 0 Å². The second kappa shape index (κ2) is 6.24. The highest BCUT2D eigenvalue weighted by atomic mass is 16.4. The fourth-order valence-electron chi connectivity index (χ4n) is 2.40. The Hall–Kier alpha value is -1.59. The zero-order chi connectivity index (χ0) is 15.5. The summed E-state index contributed by atoms with van der Waals surface area (Å²) in [6.07, 6.45) is 0.611. The summed E-state index contributed by atoms with van der Waals surface area (Å²) in [6, 6.07) is 0.0804. The van der Waals surface area contributed by atoms with Crippen molar-refractivity contribution in [1.82, 2.24) is 10.2 Å². The van der Waals surface area contributed by atoms with Crippen LogP contribution in [-0.4, -0.2) is 45.9 Å². The van der Waals surface area contributed by atoms with Crippen molar-refractivity contribution in [1.29, 1.82) is 0 Å². The minimum absolute atomic E-state index is 0.0170. The third-order valence-corrected chi connectivity index (χ3v) is 3.90. The molecule has 1 rings (SSSR count). The predicted octanol–water partition coefficient (Wildman–Crippen LogP) is 1.00. The lowest BCUT2D eigenvalue weighted by Crippen LogP contribution is -2.49. The SMILES string of the molecule is CCC(C)(CC(=O)O)NC(=O)C1CC(=O)N(C(C)C)C1. The molecule has 0 spiro atoms. The fourth-order valence-corrected chi connectivity index (χ4v) is 2.40. The van der Waals surface area contributed by atoms with Gasteiger partial charge in [-0.05, 0) is 27.2 Å². The van der Waals surface area contributed by atoms with E-state index in [0.29, 0.717) is 13.0 Å². The molecule has 2 amide bonds. The van der Waals surface area contributed by atoms with Crippen LogP contribution in [0.2, 0.25) is 0 Å². The Morgan fingerprint density at radius 2 is 2.10 bits per heavy atom. The van der Waals surface area contributed by atoms with Gasteiger partial charge >= 0.3 is 5.97 Å². The smallest absolute Gasteiger partial charge is 0.305 e. The maximum Gasteiger partial charge on any atom is 0.305 e. The molecule has 0 aromatic rings. The van der Waals surface area contributed by atoms with E-state index in [4.69, 9.17) is 5.11 Å². The van der Waals surface area contributed by atoms with E-state index in [1.54, 1.807) is 11.8 Å². The van der Waals surface area contributed by atoms with Gasteiger partial charge in [-0.15, -0.1) is 0 Å². The lowest BCUT2D eigenvalue weighted by atomic mass is 9.93. The lowest BCUT2D eigenvalue weighted by molar-refractivity contribution is -0.139. The summed E-state index contributed by atoms with van der Waals surface area (Å²) in [6.45, 7) is 7.80. The molecule has 2 unspecified atom stereocenters. The van der Waals surface area contributed by atoms with Crippen LogP contribution in [0.5, 0.6) is 0 Å². The molecule has 0 aromatic heterocycles. The van der Waals surface area contributed by atoms with Crippen LogP contribution in [0.1, 0.15) is 47.0 Å². The van der Waals surface area contributed by atoms with Crippen molar-refractivity contribution >= 4 is 17.8 Å². The Morgan fingerprint density at radius 3 is 2.50 bits per heavy atom. The summed E-state index contributed by atoms with van der Waals surface area (Å²) in [5.74, 6) is -1.57. The van der Waals surface area contributed by atoms with Gasteiger partial charge in [-0.1, -0.05) is 6.92 Å². The number of hydrogen-bond donors (Lipinski definition) is 2. The van der Waals surface area contributed by atoms with E-state index in [-0.39, 0.29) is 36.6 Å². The molecular weight excluding hydrogens is 260 g/mol. The van der Waals surface area contributed by atoms with Gasteiger partial charge in [0, 0.05) is 24.5 Å². The van der Waals surface area contributed by atoms with Gasteiger partial charge in [0.25, 0.3) is 0 Å². The molecule has 0 saturated carbocycles. The van der Waals surface area contributed by atoms with E-state index in [9.17, 15) is 14.4 Å². The Labute approximate surface area is 119 Å². The summed E-state index contributed by atoms with van der Waals surface area (Å²) in [7, 11) is 0. The number of aliphatic carboxylic acids is 1. The van der Waals surface area contributed by atoms with E-state index in [0.717, 1.165) is 0 Å². The standard InChI is InChI=1S/C14H24N2O4/c1-5-14(4,7-12(18)19)15-13(20)10-6-11(17)16(8-10)9(2)3/h9-10H,5-8H2,1-4H3,(H,15,20)(H,18,19). The predicted molar refractivity (Wildman–Crippen MR) is 74.0 cm³/mol. The van der Waals surface area contributed by atoms with Crippen molar-refractivity contribution in [2.24, 2.45) is 5.92 Å². The van der Waals surface area contributed by atoms with E-state index < -0.39 is 11.5 Å². The number of hydrogen-bond acceptors (Lipinski definition) is 3. The third-order valence-electron chi connectivity index (χ3n) is 3.90. The van der Waals surface area contributed by atoms with Crippen LogP contribution in [0.3, 0.4) is 0 Å². The minimum Gasteiger partial charge on any atom is -0.481 e.